The predicted molar refractivity (Wildman–Crippen MR) is 68.9 cm³/mol. The van der Waals surface area contributed by atoms with Crippen molar-refractivity contribution >= 4 is 27.3 Å². The van der Waals surface area contributed by atoms with Crippen LogP contribution in [0.4, 0.5) is 5.69 Å². The number of hydrogen-bond donors (Lipinski definition) is 0. The molecule has 0 amide bonds. The minimum absolute atomic E-state index is 0.523. The van der Waals surface area contributed by atoms with Gasteiger partial charge in [-0.2, -0.15) is 4.31 Å². The number of anilines is 1. The Morgan fingerprint density at radius 2 is 1.94 bits per heavy atom. The lowest BCUT2D eigenvalue weighted by atomic mass is 10.2. The van der Waals surface area contributed by atoms with E-state index in [-0.39, 0.29) is 0 Å². The van der Waals surface area contributed by atoms with Crippen LogP contribution in [0.15, 0.2) is 18.2 Å². The minimum atomic E-state index is -3.07. The van der Waals surface area contributed by atoms with Crippen LogP contribution in [-0.2, 0) is 10.0 Å². The monoisotopic (exact) mass is 273 g/mol. The van der Waals surface area contributed by atoms with E-state index in [0.29, 0.717) is 31.2 Å². The Bertz CT molecular complexity index is 496. The van der Waals surface area contributed by atoms with Gasteiger partial charge in [-0.15, -0.1) is 0 Å². The van der Waals surface area contributed by atoms with Crippen LogP contribution in [0.3, 0.4) is 0 Å². The zero-order valence-corrected chi connectivity index (χ0v) is 11.1. The second-order valence-corrected chi connectivity index (χ2v) is 6.43. The quantitative estimate of drug-likeness (QED) is 0.814. The Kier molecular flexibility index (Phi) is 3.61. The van der Waals surface area contributed by atoms with Crippen molar-refractivity contribution in [1.29, 1.82) is 0 Å². The number of benzene rings is 1. The molecule has 1 heterocycles. The molecule has 6 heteroatoms. The molecule has 1 aromatic carbocycles. The molecule has 0 saturated carbocycles. The van der Waals surface area contributed by atoms with Gasteiger partial charge in [-0.3, -0.25) is 0 Å². The minimum Gasteiger partial charge on any atom is -0.369 e. The molecule has 1 radical (unpaired) electrons. The molecule has 1 aromatic rings. The molecule has 4 nitrogen and oxygen atoms in total. The van der Waals surface area contributed by atoms with Crippen LogP contribution in [0.1, 0.15) is 0 Å². The van der Waals surface area contributed by atoms with E-state index in [2.05, 4.69) is 11.0 Å². The molecule has 1 fully saturated rings. The smallest absolute Gasteiger partial charge is 0.211 e. The van der Waals surface area contributed by atoms with Gasteiger partial charge in [-0.25, -0.2) is 8.42 Å². The molecular weight excluding hydrogens is 260 g/mol. The second-order valence-electron chi connectivity index (χ2n) is 4.04. The third-order valence-electron chi connectivity index (χ3n) is 2.82. The van der Waals surface area contributed by atoms with Gasteiger partial charge in [0.1, 0.15) is 0 Å². The Morgan fingerprint density at radius 3 is 2.47 bits per heavy atom. The second kappa shape index (κ2) is 4.84. The summed E-state index contributed by atoms with van der Waals surface area (Å²) in [6.07, 6.45) is 1.25. The van der Waals surface area contributed by atoms with Crippen LogP contribution in [0.2, 0.25) is 5.02 Å². The highest BCUT2D eigenvalue weighted by atomic mass is 35.5. The largest absolute Gasteiger partial charge is 0.369 e. The summed E-state index contributed by atoms with van der Waals surface area (Å²) in [5, 5.41) is 0.577. The van der Waals surface area contributed by atoms with Crippen LogP contribution in [0.5, 0.6) is 0 Å². The van der Waals surface area contributed by atoms with Gasteiger partial charge in [0.05, 0.1) is 11.3 Å². The molecule has 0 N–H and O–H groups in total. The van der Waals surface area contributed by atoms with E-state index in [0.717, 1.165) is 5.69 Å². The van der Waals surface area contributed by atoms with Crippen molar-refractivity contribution in [1.82, 2.24) is 4.31 Å². The summed E-state index contributed by atoms with van der Waals surface area (Å²) >= 11 is 5.88. The lowest BCUT2D eigenvalue weighted by Gasteiger charge is -2.34. The average Bonchev–Trinajstić information content (AvgIpc) is 2.28. The maximum atomic E-state index is 11.4. The van der Waals surface area contributed by atoms with E-state index in [4.69, 9.17) is 11.6 Å². The van der Waals surface area contributed by atoms with Crippen molar-refractivity contribution in [3.05, 3.63) is 29.3 Å². The van der Waals surface area contributed by atoms with Crippen molar-refractivity contribution in [2.45, 2.75) is 0 Å². The number of sulfonamides is 1. The molecular formula is C11H14ClN2O2S. The number of halogens is 1. The lowest BCUT2D eigenvalue weighted by Crippen LogP contribution is -2.48. The van der Waals surface area contributed by atoms with Crippen LogP contribution >= 0.6 is 11.6 Å². The van der Waals surface area contributed by atoms with Gasteiger partial charge in [-0.1, -0.05) is 17.7 Å². The maximum Gasteiger partial charge on any atom is 0.211 e. The van der Waals surface area contributed by atoms with Gasteiger partial charge >= 0.3 is 0 Å². The number of piperazine rings is 1. The standard InChI is InChI=1S/C11H14ClN2O2S/c1-17(15,16)14-7-5-13(6-8-14)11-4-2-3-10(12)9-11/h2,4,9H,5-8H2,1H3. The molecule has 93 valence electrons. The first-order chi connectivity index (χ1) is 7.97. The first-order valence-electron chi connectivity index (χ1n) is 5.34. The molecule has 17 heavy (non-hydrogen) atoms. The summed E-state index contributed by atoms with van der Waals surface area (Å²) in [7, 11) is -3.07. The fourth-order valence-corrected chi connectivity index (χ4v) is 2.90. The van der Waals surface area contributed by atoms with Gasteiger partial charge in [0.25, 0.3) is 0 Å². The topological polar surface area (TPSA) is 40.6 Å². The first kappa shape index (κ1) is 12.7. The molecule has 0 atom stereocenters. The molecule has 0 aliphatic carbocycles. The number of hydrogen-bond acceptors (Lipinski definition) is 3. The van der Waals surface area contributed by atoms with Gasteiger partial charge in [-0.05, 0) is 12.1 Å². The Hall–Kier alpha value is -0.780. The van der Waals surface area contributed by atoms with Gasteiger partial charge in [0.15, 0.2) is 0 Å². The molecule has 2 rings (SSSR count). The van der Waals surface area contributed by atoms with Crippen LogP contribution < -0.4 is 4.90 Å². The molecule has 0 bridgehead atoms. The lowest BCUT2D eigenvalue weighted by molar-refractivity contribution is 0.388. The van der Waals surface area contributed by atoms with E-state index in [9.17, 15) is 8.42 Å². The predicted octanol–water partition coefficient (Wildman–Crippen LogP) is 1.22. The molecule has 0 unspecified atom stereocenters. The van der Waals surface area contributed by atoms with Crippen molar-refractivity contribution < 1.29 is 8.42 Å². The Morgan fingerprint density at radius 1 is 1.29 bits per heavy atom. The summed E-state index contributed by atoms with van der Waals surface area (Å²) < 4.78 is 24.2. The van der Waals surface area contributed by atoms with Crippen LogP contribution in [0, 0.1) is 6.07 Å². The van der Waals surface area contributed by atoms with Gasteiger partial charge in [0, 0.05) is 37.9 Å². The molecule has 1 saturated heterocycles. The summed E-state index contributed by atoms with van der Waals surface area (Å²) in [5.41, 5.74) is 1.02. The van der Waals surface area contributed by atoms with E-state index in [1.807, 2.05) is 12.1 Å². The molecule has 0 aromatic heterocycles. The summed E-state index contributed by atoms with van der Waals surface area (Å²) in [4.78, 5) is 2.13. The van der Waals surface area contributed by atoms with E-state index in [1.54, 1.807) is 6.07 Å². The Labute approximate surface area is 107 Å². The summed E-state index contributed by atoms with van der Waals surface area (Å²) in [6, 6.07) is 8.43. The van der Waals surface area contributed by atoms with E-state index >= 15 is 0 Å². The van der Waals surface area contributed by atoms with Crippen molar-refractivity contribution in [3.63, 3.8) is 0 Å². The highest BCUT2D eigenvalue weighted by Gasteiger charge is 2.23. The highest BCUT2D eigenvalue weighted by molar-refractivity contribution is 7.88. The fourth-order valence-electron chi connectivity index (χ4n) is 1.90. The van der Waals surface area contributed by atoms with E-state index in [1.165, 1.54) is 10.6 Å². The summed E-state index contributed by atoms with van der Waals surface area (Å²) in [5.74, 6) is 0. The third kappa shape index (κ3) is 3.12. The maximum absolute atomic E-state index is 11.4. The zero-order chi connectivity index (χ0) is 12.5. The van der Waals surface area contributed by atoms with Crippen molar-refractivity contribution in [3.8, 4) is 0 Å². The van der Waals surface area contributed by atoms with Gasteiger partial charge in [0.2, 0.25) is 10.0 Å². The van der Waals surface area contributed by atoms with Crippen LogP contribution in [0.25, 0.3) is 0 Å². The first-order valence-corrected chi connectivity index (χ1v) is 7.57. The van der Waals surface area contributed by atoms with Crippen molar-refractivity contribution in [2.24, 2.45) is 0 Å². The average molecular weight is 274 g/mol. The SMILES string of the molecule is CS(=O)(=O)N1CCN(c2cc[c]c(Cl)c2)CC1. The normalized spacial score (nSPS) is 18.4. The highest BCUT2D eigenvalue weighted by Crippen LogP contribution is 2.20. The number of rotatable bonds is 2. The molecule has 1 aliphatic rings. The Balaban J connectivity index is 2.05. The number of nitrogens with zero attached hydrogens (tertiary/aromatic N) is 2. The molecule has 0 spiro atoms. The zero-order valence-electron chi connectivity index (χ0n) is 9.56. The summed E-state index contributed by atoms with van der Waals surface area (Å²) in [6.45, 7) is 2.42. The third-order valence-corrected chi connectivity index (χ3v) is 4.34. The van der Waals surface area contributed by atoms with E-state index < -0.39 is 10.0 Å². The van der Waals surface area contributed by atoms with Crippen LogP contribution in [-0.4, -0.2) is 45.2 Å². The molecule has 1 aliphatic heterocycles. The fraction of sp³-hybridized carbons (Fsp3) is 0.455. The van der Waals surface area contributed by atoms with Crippen molar-refractivity contribution in [2.75, 3.05) is 37.3 Å². The van der Waals surface area contributed by atoms with Gasteiger partial charge < -0.3 is 4.90 Å².